The summed E-state index contributed by atoms with van der Waals surface area (Å²) in [6, 6.07) is 5.72. The highest BCUT2D eigenvalue weighted by Gasteiger charge is 2.32. The number of sulfonamides is 1. The van der Waals surface area contributed by atoms with E-state index in [0.717, 1.165) is 24.5 Å². The highest BCUT2D eigenvalue weighted by molar-refractivity contribution is 7.89. The lowest BCUT2D eigenvalue weighted by atomic mass is 10.2. The van der Waals surface area contributed by atoms with E-state index in [1.807, 2.05) is 32.0 Å². The van der Waals surface area contributed by atoms with Crippen molar-refractivity contribution in [2.24, 2.45) is 0 Å². The first kappa shape index (κ1) is 15.4. The van der Waals surface area contributed by atoms with E-state index < -0.39 is 10.0 Å². The van der Waals surface area contributed by atoms with Gasteiger partial charge in [-0.2, -0.15) is 4.31 Å². The van der Waals surface area contributed by atoms with Crippen molar-refractivity contribution in [2.45, 2.75) is 38.5 Å². The number of hydrogen-bond acceptors (Lipinski definition) is 4. The zero-order valence-electron chi connectivity index (χ0n) is 12.2. The Morgan fingerprint density at radius 3 is 2.65 bits per heavy atom. The first-order valence-corrected chi connectivity index (χ1v) is 8.66. The maximum atomic E-state index is 12.7. The van der Waals surface area contributed by atoms with Crippen molar-refractivity contribution in [1.29, 1.82) is 0 Å². The van der Waals surface area contributed by atoms with E-state index in [-0.39, 0.29) is 5.25 Å². The van der Waals surface area contributed by atoms with Crippen LogP contribution in [0.2, 0.25) is 0 Å². The molecule has 0 bridgehead atoms. The first-order valence-electron chi connectivity index (χ1n) is 7.16. The van der Waals surface area contributed by atoms with Gasteiger partial charge in [0.1, 0.15) is 0 Å². The van der Waals surface area contributed by atoms with Gasteiger partial charge < -0.3 is 5.32 Å². The second-order valence-corrected chi connectivity index (χ2v) is 7.40. The molecule has 1 aliphatic rings. The van der Waals surface area contributed by atoms with Crippen LogP contribution in [0.25, 0.3) is 0 Å². The number of rotatable bonds is 5. The normalized spacial score (nSPS) is 17.6. The van der Waals surface area contributed by atoms with Gasteiger partial charge in [-0.1, -0.05) is 13.0 Å². The minimum Gasteiger partial charge on any atom is -0.317 e. The van der Waals surface area contributed by atoms with Crippen LogP contribution in [0, 0.1) is 6.92 Å². The van der Waals surface area contributed by atoms with Crippen LogP contribution in [0.15, 0.2) is 18.2 Å². The van der Waals surface area contributed by atoms with Crippen LogP contribution in [0.5, 0.6) is 0 Å². The highest BCUT2D eigenvalue weighted by Crippen LogP contribution is 2.19. The molecule has 2 rings (SSSR count). The van der Waals surface area contributed by atoms with Crippen molar-refractivity contribution in [3.8, 4) is 0 Å². The maximum absolute atomic E-state index is 12.7. The van der Waals surface area contributed by atoms with E-state index in [0.29, 0.717) is 25.9 Å². The Kier molecular flexibility index (Phi) is 5.12. The molecule has 0 amide bonds. The topological polar surface area (TPSA) is 62.3 Å². The van der Waals surface area contributed by atoms with E-state index in [1.165, 1.54) is 0 Å². The molecule has 0 unspecified atom stereocenters. The van der Waals surface area contributed by atoms with Crippen LogP contribution in [0.1, 0.15) is 31.2 Å². The molecule has 5 nitrogen and oxygen atoms in total. The van der Waals surface area contributed by atoms with Crippen molar-refractivity contribution in [2.75, 3.05) is 19.6 Å². The average Bonchev–Trinajstić information content (AvgIpc) is 2.45. The van der Waals surface area contributed by atoms with E-state index >= 15 is 0 Å². The SMILES string of the molecule is CCN(Cc1cccc(C)n1)S(=O)(=O)C1CCNCC1. The smallest absolute Gasteiger partial charge is 0.217 e. The molecule has 0 aliphatic carbocycles. The largest absolute Gasteiger partial charge is 0.317 e. The fraction of sp³-hybridized carbons (Fsp3) is 0.643. The van der Waals surface area contributed by atoms with Gasteiger partial charge in [0.05, 0.1) is 17.5 Å². The Balaban J connectivity index is 2.14. The molecule has 0 aromatic carbocycles. The maximum Gasteiger partial charge on any atom is 0.217 e. The van der Waals surface area contributed by atoms with Gasteiger partial charge in [0.2, 0.25) is 10.0 Å². The minimum atomic E-state index is -3.23. The molecule has 6 heteroatoms. The van der Waals surface area contributed by atoms with Crippen LogP contribution >= 0.6 is 0 Å². The van der Waals surface area contributed by atoms with Crippen molar-refractivity contribution < 1.29 is 8.42 Å². The van der Waals surface area contributed by atoms with Crippen LogP contribution < -0.4 is 5.32 Å². The van der Waals surface area contributed by atoms with Gasteiger partial charge in [-0.15, -0.1) is 0 Å². The Morgan fingerprint density at radius 1 is 1.35 bits per heavy atom. The van der Waals surface area contributed by atoms with Gasteiger partial charge in [0.25, 0.3) is 0 Å². The third kappa shape index (κ3) is 3.56. The van der Waals surface area contributed by atoms with E-state index in [4.69, 9.17) is 0 Å². The Hall–Kier alpha value is -0.980. The predicted molar refractivity (Wildman–Crippen MR) is 79.9 cm³/mol. The summed E-state index contributed by atoms with van der Waals surface area (Å²) in [4.78, 5) is 4.40. The summed E-state index contributed by atoms with van der Waals surface area (Å²) >= 11 is 0. The molecule has 0 radical (unpaired) electrons. The molecule has 1 saturated heterocycles. The summed E-state index contributed by atoms with van der Waals surface area (Å²) in [7, 11) is -3.23. The summed E-state index contributed by atoms with van der Waals surface area (Å²) in [5.74, 6) is 0. The number of piperidine rings is 1. The summed E-state index contributed by atoms with van der Waals surface area (Å²) in [6.07, 6.45) is 1.39. The lowest BCUT2D eigenvalue weighted by Crippen LogP contribution is -2.43. The molecule has 1 fully saturated rings. The second kappa shape index (κ2) is 6.65. The Labute approximate surface area is 121 Å². The van der Waals surface area contributed by atoms with Crippen LogP contribution in [0.3, 0.4) is 0 Å². The van der Waals surface area contributed by atoms with Gasteiger partial charge in [-0.05, 0) is 45.0 Å². The zero-order chi connectivity index (χ0) is 14.6. The third-order valence-corrected chi connectivity index (χ3v) is 6.13. The summed E-state index contributed by atoms with van der Waals surface area (Å²) in [5, 5.41) is 2.95. The second-order valence-electron chi connectivity index (χ2n) is 5.19. The zero-order valence-corrected chi connectivity index (χ0v) is 13.0. The van der Waals surface area contributed by atoms with Crippen molar-refractivity contribution in [3.05, 3.63) is 29.6 Å². The average molecular weight is 297 g/mol. The van der Waals surface area contributed by atoms with Gasteiger partial charge in [0, 0.05) is 12.2 Å². The number of hydrogen-bond donors (Lipinski definition) is 1. The lowest BCUT2D eigenvalue weighted by molar-refractivity contribution is 0.395. The number of nitrogens with zero attached hydrogens (tertiary/aromatic N) is 2. The van der Waals surface area contributed by atoms with Gasteiger partial charge in [-0.25, -0.2) is 8.42 Å². The third-order valence-electron chi connectivity index (χ3n) is 3.70. The number of aryl methyl sites for hydroxylation is 1. The van der Waals surface area contributed by atoms with Crippen LogP contribution in [-0.2, 0) is 16.6 Å². The fourth-order valence-corrected chi connectivity index (χ4v) is 4.48. The molecule has 2 heterocycles. The quantitative estimate of drug-likeness (QED) is 0.889. The lowest BCUT2D eigenvalue weighted by Gasteiger charge is -2.29. The van der Waals surface area contributed by atoms with E-state index in [9.17, 15) is 8.42 Å². The van der Waals surface area contributed by atoms with Crippen molar-refractivity contribution in [1.82, 2.24) is 14.6 Å². The van der Waals surface area contributed by atoms with Crippen LogP contribution in [-0.4, -0.2) is 42.6 Å². The first-order chi connectivity index (χ1) is 9.54. The van der Waals surface area contributed by atoms with Crippen molar-refractivity contribution >= 4 is 10.0 Å². The molecule has 1 aromatic heterocycles. The monoisotopic (exact) mass is 297 g/mol. The number of pyridine rings is 1. The fourth-order valence-electron chi connectivity index (χ4n) is 2.55. The molecule has 1 aromatic rings. The number of nitrogens with one attached hydrogen (secondary N) is 1. The Morgan fingerprint density at radius 2 is 2.05 bits per heavy atom. The molecule has 0 atom stereocenters. The van der Waals surface area contributed by atoms with Gasteiger partial charge >= 0.3 is 0 Å². The predicted octanol–water partition coefficient (Wildman–Crippen LogP) is 1.29. The Bertz CT molecular complexity index is 539. The molecular formula is C14H23N3O2S. The summed E-state index contributed by atoms with van der Waals surface area (Å²) in [5.41, 5.74) is 1.72. The summed E-state index contributed by atoms with van der Waals surface area (Å²) < 4.78 is 26.9. The highest BCUT2D eigenvalue weighted by atomic mass is 32.2. The molecule has 112 valence electrons. The van der Waals surface area contributed by atoms with Gasteiger partial charge in [0.15, 0.2) is 0 Å². The molecule has 0 spiro atoms. The minimum absolute atomic E-state index is 0.256. The van der Waals surface area contributed by atoms with E-state index in [2.05, 4.69) is 10.3 Å². The molecule has 1 aliphatic heterocycles. The van der Waals surface area contributed by atoms with Crippen LogP contribution in [0.4, 0.5) is 0 Å². The standard InChI is InChI=1S/C14H23N3O2S/c1-3-17(11-13-6-4-5-12(2)16-13)20(18,19)14-7-9-15-10-8-14/h4-6,14-15H,3,7-11H2,1-2H3. The number of aromatic nitrogens is 1. The molecule has 20 heavy (non-hydrogen) atoms. The van der Waals surface area contributed by atoms with Crippen molar-refractivity contribution in [3.63, 3.8) is 0 Å². The molecule has 0 saturated carbocycles. The molecular weight excluding hydrogens is 274 g/mol. The van der Waals surface area contributed by atoms with Gasteiger partial charge in [-0.3, -0.25) is 4.98 Å². The van der Waals surface area contributed by atoms with E-state index in [1.54, 1.807) is 4.31 Å². The summed E-state index contributed by atoms with van der Waals surface area (Å²) in [6.45, 7) is 6.22. The molecule has 1 N–H and O–H groups in total.